The van der Waals surface area contributed by atoms with E-state index in [2.05, 4.69) is 15.3 Å². The van der Waals surface area contributed by atoms with Gasteiger partial charge in [-0.1, -0.05) is 18.2 Å². The van der Waals surface area contributed by atoms with Crippen LogP contribution in [-0.2, 0) is 0 Å². The number of rotatable bonds is 2. The Hall–Kier alpha value is -3.54. The van der Waals surface area contributed by atoms with Gasteiger partial charge in [0.25, 0.3) is 0 Å². The molecule has 0 saturated heterocycles. The van der Waals surface area contributed by atoms with Crippen molar-refractivity contribution in [3.63, 3.8) is 0 Å². The second-order valence-corrected chi connectivity index (χ2v) is 6.50. The number of hydrogen-bond donors (Lipinski definition) is 3. The minimum atomic E-state index is -0.720. The molecule has 2 aromatic heterocycles. The summed E-state index contributed by atoms with van der Waals surface area (Å²) in [6.07, 6.45) is 3.67. The van der Waals surface area contributed by atoms with Crippen molar-refractivity contribution in [3.8, 4) is 22.6 Å². The molecule has 0 saturated carbocycles. The van der Waals surface area contributed by atoms with Crippen LogP contribution in [0.3, 0.4) is 0 Å². The van der Waals surface area contributed by atoms with Crippen molar-refractivity contribution in [3.05, 3.63) is 71.8 Å². The highest BCUT2D eigenvalue weighted by atomic mass is 19.1. The Kier molecular flexibility index (Phi) is 3.33. The third kappa shape index (κ3) is 2.26. The van der Waals surface area contributed by atoms with Gasteiger partial charge in [-0.25, -0.2) is 9.37 Å². The summed E-state index contributed by atoms with van der Waals surface area (Å²) in [6.45, 7) is 0. The van der Waals surface area contributed by atoms with Crippen molar-refractivity contribution in [1.82, 2.24) is 9.97 Å². The number of benzene rings is 2. The van der Waals surface area contributed by atoms with Crippen LogP contribution in [0.25, 0.3) is 22.2 Å². The first-order chi connectivity index (χ1) is 13.2. The van der Waals surface area contributed by atoms with E-state index >= 15 is 0 Å². The number of aromatic hydroxyl groups is 1. The lowest BCUT2D eigenvalue weighted by molar-refractivity contribution is 0.356. The van der Waals surface area contributed by atoms with Crippen LogP contribution in [-0.4, -0.2) is 22.2 Å². The minimum absolute atomic E-state index is 0.0996. The SMILES string of the molecule is COc1cc(C2Nc3ccccc3-c3ccnc4[nH]cc2c34)cc(F)c1O. The number of hydrogen-bond acceptors (Lipinski definition) is 4. The maximum absolute atomic E-state index is 14.3. The first kappa shape index (κ1) is 15.7. The van der Waals surface area contributed by atoms with Crippen LogP contribution in [0.15, 0.2) is 54.9 Å². The summed E-state index contributed by atoms with van der Waals surface area (Å²) in [7, 11) is 1.40. The van der Waals surface area contributed by atoms with E-state index < -0.39 is 11.6 Å². The number of methoxy groups -OCH3 is 1. The largest absolute Gasteiger partial charge is 0.502 e. The van der Waals surface area contributed by atoms with E-state index in [0.29, 0.717) is 5.56 Å². The lowest BCUT2D eigenvalue weighted by Gasteiger charge is -2.20. The highest BCUT2D eigenvalue weighted by molar-refractivity contribution is 6.01. The molecule has 27 heavy (non-hydrogen) atoms. The van der Waals surface area contributed by atoms with E-state index in [9.17, 15) is 9.50 Å². The Balaban J connectivity index is 1.81. The van der Waals surface area contributed by atoms with E-state index in [1.165, 1.54) is 13.2 Å². The highest BCUT2D eigenvalue weighted by Crippen LogP contribution is 2.44. The van der Waals surface area contributed by atoms with E-state index in [0.717, 1.165) is 33.4 Å². The van der Waals surface area contributed by atoms with Gasteiger partial charge >= 0.3 is 0 Å². The van der Waals surface area contributed by atoms with Gasteiger partial charge in [0.2, 0.25) is 0 Å². The number of nitrogens with one attached hydrogen (secondary N) is 2. The predicted octanol–water partition coefficient (Wildman–Crippen LogP) is 4.60. The molecule has 4 aromatic rings. The van der Waals surface area contributed by atoms with Gasteiger partial charge in [0, 0.05) is 34.6 Å². The number of anilines is 1. The van der Waals surface area contributed by atoms with Gasteiger partial charge < -0.3 is 20.1 Å². The van der Waals surface area contributed by atoms with Crippen LogP contribution in [0.4, 0.5) is 10.1 Å². The van der Waals surface area contributed by atoms with Gasteiger partial charge in [-0.15, -0.1) is 0 Å². The third-order valence-corrected chi connectivity index (χ3v) is 5.04. The van der Waals surface area contributed by atoms with E-state index in [1.54, 1.807) is 12.3 Å². The molecule has 0 amide bonds. The Morgan fingerprint density at radius 3 is 2.85 bits per heavy atom. The molecule has 0 bridgehead atoms. The van der Waals surface area contributed by atoms with Crippen molar-refractivity contribution < 1.29 is 14.2 Å². The number of halogens is 1. The standard InChI is InChI=1S/C21H16FN3O2/c1-27-17-9-11(8-15(22)20(17)26)19-14-10-24-21-18(14)13(6-7-23-21)12-4-2-3-5-16(12)25-19/h2-10,19,25-26H,1H3,(H,23,24). The number of phenolic OH excluding ortho intramolecular Hbond substituents is 1. The quantitative estimate of drug-likeness (QED) is 0.488. The average molecular weight is 361 g/mol. The first-order valence-corrected chi connectivity index (χ1v) is 8.55. The predicted molar refractivity (Wildman–Crippen MR) is 102 cm³/mol. The summed E-state index contributed by atoms with van der Waals surface area (Å²) in [5, 5.41) is 14.4. The first-order valence-electron chi connectivity index (χ1n) is 8.55. The van der Waals surface area contributed by atoms with Gasteiger partial charge in [-0.3, -0.25) is 0 Å². The number of para-hydroxylation sites is 1. The van der Waals surface area contributed by atoms with Crippen molar-refractivity contribution >= 4 is 16.7 Å². The zero-order valence-electron chi connectivity index (χ0n) is 14.5. The number of aromatic amines is 1. The zero-order valence-corrected chi connectivity index (χ0v) is 14.5. The second-order valence-electron chi connectivity index (χ2n) is 6.50. The monoisotopic (exact) mass is 361 g/mol. The molecule has 1 unspecified atom stereocenters. The maximum Gasteiger partial charge on any atom is 0.194 e. The van der Waals surface area contributed by atoms with Gasteiger partial charge in [-0.05, 0) is 35.4 Å². The smallest absolute Gasteiger partial charge is 0.194 e. The number of H-pyrrole nitrogens is 1. The third-order valence-electron chi connectivity index (χ3n) is 5.04. The second kappa shape index (κ2) is 5.74. The van der Waals surface area contributed by atoms with Crippen LogP contribution in [0.5, 0.6) is 11.5 Å². The average Bonchev–Trinajstić information content (AvgIpc) is 3.06. The molecule has 0 spiro atoms. The van der Waals surface area contributed by atoms with Crippen LogP contribution < -0.4 is 10.1 Å². The molecule has 3 heterocycles. The molecule has 0 fully saturated rings. The Labute approximate surface area is 154 Å². The summed E-state index contributed by atoms with van der Waals surface area (Å²) in [4.78, 5) is 7.64. The number of aromatic nitrogens is 2. The molecule has 1 atom stereocenters. The van der Waals surface area contributed by atoms with Gasteiger partial charge in [-0.2, -0.15) is 0 Å². The minimum Gasteiger partial charge on any atom is -0.502 e. The fraction of sp³-hybridized carbons (Fsp3) is 0.0952. The maximum atomic E-state index is 14.3. The van der Waals surface area contributed by atoms with E-state index in [-0.39, 0.29) is 11.8 Å². The summed E-state index contributed by atoms with van der Waals surface area (Å²) in [5.74, 6) is -1.11. The lowest BCUT2D eigenvalue weighted by atomic mass is 9.96. The Morgan fingerprint density at radius 2 is 2.00 bits per heavy atom. The summed E-state index contributed by atoms with van der Waals surface area (Å²) in [5.41, 5.74) is 5.44. The van der Waals surface area contributed by atoms with Crippen molar-refractivity contribution in [1.29, 1.82) is 0 Å². The number of fused-ring (bicyclic) bond motifs is 2. The summed E-state index contributed by atoms with van der Waals surface area (Å²) >= 11 is 0. The molecule has 5 rings (SSSR count). The summed E-state index contributed by atoms with van der Waals surface area (Å²) in [6, 6.07) is 12.6. The molecule has 2 aromatic carbocycles. The van der Waals surface area contributed by atoms with Crippen LogP contribution in [0, 0.1) is 5.82 Å². The van der Waals surface area contributed by atoms with Crippen molar-refractivity contribution in [2.24, 2.45) is 0 Å². The molecule has 1 aliphatic rings. The molecular formula is C21H16FN3O2. The normalized spacial score (nSPS) is 15.1. The van der Waals surface area contributed by atoms with Crippen LogP contribution >= 0.6 is 0 Å². The Morgan fingerprint density at radius 1 is 1.15 bits per heavy atom. The molecule has 5 nitrogen and oxygen atoms in total. The van der Waals surface area contributed by atoms with E-state index in [1.807, 2.05) is 36.5 Å². The van der Waals surface area contributed by atoms with Crippen molar-refractivity contribution in [2.75, 3.05) is 12.4 Å². The highest BCUT2D eigenvalue weighted by Gasteiger charge is 2.27. The number of phenols is 1. The van der Waals surface area contributed by atoms with Crippen LogP contribution in [0.2, 0.25) is 0 Å². The molecule has 1 aliphatic heterocycles. The summed E-state index contributed by atoms with van der Waals surface area (Å²) < 4.78 is 19.5. The molecule has 0 aliphatic carbocycles. The fourth-order valence-corrected chi connectivity index (χ4v) is 3.79. The van der Waals surface area contributed by atoms with E-state index in [4.69, 9.17) is 4.74 Å². The van der Waals surface area contributed by atoms with Crippen LogP contribution in [0.1, 0.15) is 17.2 Å². The fourth-order valence-electron chi connectivity index (χ4n) is 3.79. The molecule has 6 heteroatoms. The number of ether oxygens (including phenoxy) is 1. The number of pyridine rings is 1. The van der Waals surface area contributed by atoms with Crippen molar-refractivity contribution in [2.45, 2.75) is 6.04 Å². The Bertz CT molecular complexity index is 1190. The molecular weight excluding hydrogens is 345 g/mol. The molecule has 134 valence electrons. The molecule has 3 N–H and O–H groups in total. The zero-order chi connectivity index (χ0) is 18.5. The molecule has 0 radical (unpaired) electrons. The topological polar surface area (TPSA) is 70.2 Å². The van der Waals surface area contributed by atoms with Gasteiger partial charge in [0.1, 0.15) is 5.65 Å². The van der Waals surface area contributed by atoms with Gasteiger partial charge in [0.15, 0.2) is 17.3 Å². The van der Waals surface area contributed by atoms with Gasteiger partial charge in [0.05, 0.1) is 13.2 Å². The number of nitrogens with zero attached hydrogens (tertiary/aromatic N) is 1. The lowest BCUT2D eigenvalue weighted by Crippen LogP contribution is -2.12.